The molecule has 1 aromatic heterocycles. The van der Waals surface area contributed by atoms with Gasteiger partial charge in [-0.05, 0) is 17.7 Å². The van der Waals surface area contributed by atoms with Gasteiger partial charge in [0.2, 0.25) is 0 Å². The van der Waals surface area contributed by atoms with Crippen LogP contribution in [-0.2, 0) is 11.4 Å². The molecule has 0 saturated heterocycles. The Bertz CT molecular complexity index is 540. The molecule has 0 amide bonds. The van der Waals surface area contributed by atoms with Crippen molar-refractivity contribution in [3.8, 4) is 5.75 Å². The Labute approximate surface area is 110 Å². The van der Waals surface area contributed by atoms with E-state index in [0.29, 0.717) is 18.1 Å². The minimum Gasteiger partial charge on any atom is -0.487 e. The lowest BCUT2D eigenvalue weighted by molar-refractivity contribution is -0.138. The molecule has 0 saturated carbocycles. The van der Waals surface area contributed by atoms with Gasteiger partial charge in [0, 0.05) is 0 Å². The molecule has 2 rings (SSSR count). The Balaban J connectivity index is 1.97. The van der Waals surface area contributed by atoms with Crippen LogP contribution >= 0.6 is 0 Å². The number of carboxylic acid groups (broad SMARTS) is 1. The van der Waals surface area contributed by atoms with Crippen molar-refractivity contribution in [2.75, 3.05) is 0 Å². The average Bonchev–Trinajstić information content (AvgIpc) is 2.46. The second-order valence-corrected chi connectivity index (χ2v) is 4.01. The minimum atomic E-state index is -1.11. The molecule has 1 atom stereocenters. The summed E-state index contributed by atoms with van der Waals surface area (Å²) < 4.78 is 5.54. The summed E-state index contributed by atoms with van der Waals surface area (Å²) in [7, 11) is 0. The zero-order valence-electron chi connectivity index (χ0n) is 10.2. The van der Waals surface area contributed by atoms with E-state index >= 15 is 0 Å². The molecule has 0 bridgehead atoms. The summed E-state index contributed by atoms with van der Waals surface area (Å²) in [6.45, 7) is 0.437. The van der Waals surface area contributed by atoms with Crippen molar-refractivity contribution < 1.29 is 14.6 Å². The molecule has 0 aliphatic heterocycles. The Morgan fingerprint density at radius 2 is 2.00 bits per heavy atom. The second kappa shape index (κ2) is 5.97. The van der Waals surface area contributed by atoms with Gasteiger partial charge in [0.15, 0.2) is 0 Å². The summed E-state index contributed by atoms with van der Waals surface area (Å²) >= 11 is 0. The number of hydrogen-bond acceptors (Lipinski definition) is 4. The van der Waals surface area contributed by atoms with Gasteiger partial charge in [-0.2, -0.15) is 0 Å². The maximum Gasteiger partial charge on any atom is 0.326 e. The zero-order valence-corrected chi connectivity index (χ0v) is 10.2. The highest BCUT2D eigenvalue weighted by Crippen LogP contribution is 2.14. The third-order valence-electron chi connectivity index (χ3n) is 2.59. The molecule has 0 fully saturated rings. The van der Waals surface area contributed by atoms with Crippen LogP contribution in [0, 0.1) is 0 Å². The minimum absolute atomic E-state index is 0.305. The molecule has 1 aromatic carbocycles. The van der Waals surface area contributed by atoms with E-state index in [9.17, 15) is 4.79 Å². The Hall–Kier alpha value is -2.40. The van der Waals surface area contributed by atoms with E-state index in [0.717, 1.165) is 5.56 Å². The zero-order chi connectivity index (χ0) is 13.7. The van der Waals surface area contributed by atoms with E-state index in [1.54, 1.807) is 12.1 Å². The first-order valence-electron chi connectivity index (χ1n) is 5.78. The summed E-state index contributed by atoms with van der Waals surface area (Å²) in [5.74, 6) is -0.532. The highest BCUT2D eigenvalue weighted by molar-refractivity contribution is 5.74. The highest BCUT2D eigenvalue weighted by atomic mass is 16.5. The molecule has 2 aromatic rings. The van der Waals surface area contributed by atoms with Crippen LogP contribution in [0.3, 0.4) is 0 Å². The van der Waals surface area contributed by atoms with Gasteiger partial charge < -0.3 is 15.6 Å². The molecule has 0 aliphatic carbocycles. The number of carbonyl (C=O) groups is 1. The predicted molar refractivity (Wildman–Crippen MR) is 69.6 cm³/mol. The predicted octanol–water partition coefficient (Wildman–Crippen LogP) is 1.75. The molecular formula is C14H14N2O3. The fraction of sp³-hybridized carbons (Fsp3) is 0.143. The number of benzene rings is 1. The first kappa shape index (κ1) is 13.0. The van der Waals surface area contributed by atoms with E-state index in [4.69, 9.17) is 15.6 Å². The van der Waals surface area contributed by atoms with Crippen molar-refractivity contribution in [2.45, 2.75) is 12.6 Å². The lowest BCUT2D eigenvalue weighted by Gasteiger charge is -2.08. The van der Waals surface area contributed by atoms with Gasteiger partial charge in [0.1, 0.15) is 18.4 Å². The topological polar surface area (TPSA) is 85.4 Å². The molecule has 0 spiro atoms. The number of hydrogen-bond donors (Lipinski definition) is 2. The van der Waals surface area contributed by atoms with Crippen LogP contribution < -0.4 is 10.5 Å². The fourth-order valence-corrected chi connectivity index (χ4v) is 1.53. The van der Waals surface area contributed by atoms with Gasteiger partial charge in [-0.15, -0.1) is 0 Å². The van der Waals surface area contributed by atoms with Crippen LogP contribution in [0.2, 0.25) is 0 Å². The summed E-state index contributed by atoms with van der Waals surface area (Å²) in [4.78, 5) is 14.7. The Morgan fingerprint density at radius 3 is 2.58 bits per heavy atom. The average molecular weight is 258 g/mol. The van der Waals surface area contributed by atoms with Crippen LogP contribution in [0.5, 0.6) is 5.75 Å². The van der Waals surface area contributed by atoms with Crippen molar-refractivity contribution in [3.05, 3.63) is 59.9 Å². The van der Waals surface area contributed by atoms with Crippen molar-refractivity contribution in [2.24, 2.45) is 5.73 Å². The van der Waals surface area contributed by atoms with Gasteiger partial charge >= 0.3 is 5.97 Å². The SMILES string of the molecule is NC(C(=O)O)c1ccc(OCc2ccccc2)cn1. The van der Waals surface area contributed by atoms with Crippen LogP contribution in [0.4, 0.5) is 0 Å². The molecule has 0 aliphatic rings. The number of nitrogens with zero attached hydrogens (tertiary/aromatic N) is 1. The van der Waals surface area contributed by atoms with Crippen LogP contribution in [0.15, 0.2) is 48.7 Å². The smallest absolute Gasteiger partial charge is 0.326 e. The number of aliphatic carboxylic acids is 1. The molecule has 1 heterocycles. The lowest BCUT2D eigenvalue weighted by atomic mass is 10.2. The monoisotopic (exact) mass is 258 g/mol. The number of pyridine rings is 1. The molecule has 5 nitrogen and oxygen atoms in total. The van der Waals surface area contributed by atoms with Crippen LogP contribution in [0.25, 0.3) is 0 Å². The van der Waals surface area contributed by atoms with E-state index in [-0.39, 0.29) is 0 Å². The molecule has 98 valence electrons. The number of carboxylic acids is 1. The molecule has 1 unspecified atom stereocenters. The van der Waals surface area contributed by atoms with E-state index < -0.39 is 12.0 Å². The molecule has 0 radical (unpaired) electrons. The third-order valence-corrected chi connectivity index (χ3v) is 2.59. The maximum atomic E-state index is 10.7. The van der Waals surface area contributed by atoms with E-state index in [1.165, 1.54) is 6.20 Å². The number of ether oxygens (including phenoxy) is 1. The summed E-state index contributed by atoms with van der Waals surface area (Å²) in [6.07, 6.45) is 1.47. The fourth-order valence-electron chi connectivity index (χ4n) is 1.53. The standard InChI is InChI=1S/C14H14N2O3/c15-13(14(17)18)12-7-6-11(8-16-12)19-9-10-4-2-1-3-5-10/h1-8,13H,9,15H2,(H,17,18). The van der Waals surface area contributed by atoms with Crippen molar-refractivity contribution in [1.29, 1.82) is 0 Å². The third kappa shape index (κ3) is 3.53. The number of rotatable bonds is 5. The van der Waals surface area contributed by atoms with Gasteiger partial charge in [-0.1, -0.05) is 30.3 Å². The normalized spacial score (nSPS) is 11.8. The summed E-state index contributed by atoms with van der Waals surface area (Å²) in [6, 6.07) is 11.8. The first-order valence-corrected chi connectivity index (χ1v) is 5.78. The van der Waals surface area contributed by atoms with Gasteiger partial charge in [0.05, 0.1) is 11.9 Å². The lowest BCUT2D eigenvalue weighted by Crippen LogP contribution is -2.21. The second-order valence-electron chi connectivity index (χ2n) is 4.01. The largest absolute Gasteiger partial charge is 0.487 e. The quantitative estimate of drug-likeness (QED) is 0.853. The van der Waals surface area contributed by atoms with Gasteiger partial charge in [-0.25, -0.2) is 0 Å². The van der Waals surface area contributed by atoms with Crippen molar-refractivity contribution in [1.82, 2.24) is 4.98 Å². The number of aromatic nitrogens is 1. The molecule has 19 heavy (non-hydrogen) atoms. The summed E-state index contributed by atoms with van der Waals surface area (Å²) in [5, 5.41) is 8.76. The Morgan fingerprint density at radius 1 is 1.26 bits per heavy atom. The maximum absolute atomic E-state index is 10.7. The van der Waals surface area contributed by atoms with Crippen molar-refractivity contribution >= 4 is 5.97 Å². The van der Waals surface area contributed by atoms with E-state index in [1.807, 2.05) is 30.3 Å². The van der Waals surface area contributed by atoms with E-state index in [2.05, 4.69) is 4.98 Å². The highest BCUT2D eigenvalue weighted by Gasteiger charge is 2.15. The van der Waals surface area contributed by atoms with Crippen molar-refractivity contribution in [3.63, 3.8) is 0 Å². The van der Waals surface area contributed by atoms with Gasteiger partial charge in [0.25, 0.3) is 0 Å². The molecular weight excluding hydrogens is 244 g/mol. The summed E-state index contributed by atoms with van der Waals surface area (Å²) in [5.41, 5.74) is 6.80. The van der Waals surface area contributed by atoms with Crippen LogP contribution in [-0.4, -0.2) is 16.1 Å². The van der Waals surface area contributed by atoms with Gasteiger partial charge in [-0.3, -0.25) is 9.78 Å². The number of nitrogens with two attached hydrogens (primary N) is 1. The first-order chi connectivity index (χ1) is 9.16. The Kier molecular flexibility index (Phi) is 4.10. The molecule has 3 N–H and O–H groups in total. The molecule has 5 heteroatoms. The van der Waals surface area contributed by atoms with Crippen LogP contribution in [0.1, 0.15) is 17.3 Å².